The summed E-state index contributed by atoms with van der Waals surface area (Å²) in [6, 6.07) is 6.58. The molecule has 0 aliphatic rings. The van der Waals surface area contributed by atoms with Crippen molar-refractivity contribution in [1.82, 2.24) is 0 Å². The lowest BCUT2D eigenvalue weighted by molar-refractivity contribution is -0.294. The zero-order valence-electron chi connectivity index (χ0n) is 11.8. The highest BCUT2D eigenvalue weighted by Crippen LogP contribution is 2.41. The molecule has 0 radical (unpaired) electrons. The van der Waals surface area contributed by atoms with Crippen LogP contribution in [0.25, 0.3) is 0 Å². The van der Waals surface area contributed by atoms with Gasteiger partial charge in [0.2, 0.25) is 0 Å². The molecule has 1 heterocycles. The number of ether oxygens (including phenoxy) is 1. The zero-order chi connectivity index (χ0) is 17.3. The van der Waals surface area contributed by atoms with Gasteiger partial charge in [-0.1, -0.05) is 35.9 Å². The molecule has 0 saturated heterocycles. The van der Waals surface area contributed by atoms with Gasteiger partial charge in [0.25, 0.3) is 12.7 Å². The van der Waals surface area contributed by atoms with E-state index in [1.54, 1.807) is 6.92 Å². The Morgan fingerprint density at radius 3 is 2.00 bits per heavy atom. The van der Waals surface area contributed by atoms with Crippen molar-refractivity contribution in [3.63, 3.8) is 0 Å². The third-order valence-electron chi connectivity index (χ3n) is 3.10. The summed E-state index contributed by atoms with van der Waals surface area (Å²) < 4.78 is 86.0. The first-order chi connectivity index (χ1) is 10.7. The van der Waals surface area contributed by atoms with Crippen LogP contribution in [-0.4, -0.2) is 12.7 Å². The smallest absolute Gasteiger partial charge is 0.303 e. The summed E-state index contributed by atoms with van der Waals surface area (Å²) in [4.78, 5) is -0.740. The molecule has 0 aliphatic carbocycles. The summed E-state index contributed by atoms with van der Waals surface area (Å²) in [6.07, 6.45) is -7.08. The number of rotatable bonds is 6. The van der Waals surface area contributed by atoms with Crippen molar-refractivity contribution in [3.05, 3.63) is 57.8 Å². The van der Waals surface area contributed by atoms with Gasteiger partial charge >= 0.3 is 11.8 Å². The van der Waals surface area contributed by atoms with Gasteiger partial charge in [0.15, 0.2) is 0 Å². The molecule has 2 aromatic rings. The molecular weight excluding hydrogens is 342 g/mol. The Bertz CT molecular complexity index is 626. The number of thiophene rings is 1. The van der Waals surface area contributed by atoms with Gasteiger partial charge in [-0.25, -0.2) is 8.78 Å². The van der Waals surface area contributed by atoms with Crippen molar-refractivity contribution < 1.29 is 31.1 Å². The summed E-state index contributed by atoms with van der Waals surface area (Å²) in [6.45, 7) is 1.63. The minimum absolute atomic E-state index is 0.511. The molecule has 0 fully saturated rings. The Morgan fingerprint density at radius 2 is 1.48 bits per heavy atom. The van der Waals surface area contributed by atoms with Crippen molar-refractivity contribution in [2.75, 3.05) is 0 Å². The topological polar surface area (TPSA) is 9.23 Å². The number of halogens is 6. The van der Waals surface area contributed by atoms with Crippen LogP contribution in [0.4, 0.5) is 26.3 Å². The molecule has 0 bridgehead atoms. The third-order valence-corrected chi connectivity index (χ3v) is 4.05. The molecule has 126 valence electrons. The van der Waals surface area contributed by atoms with Crippen LogP contribution < -0.4 is 0 Å². The molecule has 2 rings (SSSR count). The summed E-state index contributed by atoms with van der Waals surface area (Å²) in [5.41, 5.74) is -0.143. The van der Waals surface area contributed by atoms with Crippen LogP contribution in [0.15, 0.2) is 41.8 Å². The minimum Gasteiger partial charge on any atom is -0.303 e. The van der Waals surface area contributed by atoms with E-state index in [0.717, 1.165) is 18.2 Å². The molecule has 0 unspecified atom stereocenters. The molecule has 0 N–H and O–H groups in total. The molecule has 0 spiro atoms. The maximum atomic E-state index is 13.9. The third kappa shape index (κ3) is 3.69. The molecular formula is C15H12F6OS. The van der Waals surface area contributed by atoms with Gasteiger partial charge in [0, 0.05) is 5.56 Å². The Balaban J connectivity index is 2.13. The lowest BCUT2D eigenvalue weighted by Crippen LogP contribution is -2.38. The Kier molecular flexibility index (Phi) is 5.05. The molecule has 1 aromatic heterocycles. The monoisotopic (exact) mass is 354 g/mol. The molecule has 8 heteroatoms. The molecule has 2 atom stereocenters. The van der Waals surface area contributed by atoms with Gasteiger partial charge in [0.05, 0.1) is 4.88 Å². The van der Waals surface area contributed by atoms with E-state index in [9.17, 15) is 26.3 Å². The highest BCUT2D eigenvalue weighted by molar-refractivity contribution is 7.10. The zero-order valence-corrected chi connectivity index (χ0v) is 12.6. The first-order valence-corrected chi connectivity index (χ1v) is 7.34. The first kappa shape index (κ1) is 17.8. The maximum absolute atomic E-state index is 13.9. The van der Waals surface area contributed by atoms with E-state index >= 15 is 0 Å². The molecule has 0 aliphatic heterocycles. The van der Waals surface area contributed by atoms with Crippen molar-refractivity contribution >= 4 is 11.3 Å². The number of aryl methyl sites for hydroxylation is 1. The van der Waals surface area contributed by atoms with Gasteiger partial charge in [-0.3, -0.25) is 0 Å². The second kappa shape index (κ2) is 6.52. The van der Waals surface area contributed by atoms with Crippen LogP contribution in [0, 0.1) is 6.92 Å². The second-order valence-electron chi connectivity index (χ2n) is 4.86. The van der Waals surface area contributed by atoms with Gasteiger partial charge in [-0.15, -0.1) is 11.3 Å². The molecule has 0 amide bonds. The van der Waals surface area contributed by atoms with Crippen molar-refractivity contribution in [3.8, 4) is 0 Å². The van der Waals surface area contributed by atoms with E-state index in [1.807, 2.05) is 0 Å². The quantitative estimate of drug-likeness (QED) is 0.618. The van der Waals surface area contributed by atoms with Crippen molar-refractivity contribution in [2.45, 2.75) is 31.5 Å². The van der Waals surface area contributed by atoms with Crippen LogP contribution in [0.5, 0.6) is 0 Å². The molecule has 1 nitrogen and oxygen atoms in total. The van der Waals surface area contributed by atoms with E-state index in [-0.39, 0.29) is 0 Å². The largest absolute Gasteiger partial charge is 0.336 e. The summed E-state index contributed by atoms with van der Waals surface area (Å²) >= 11 is 0.511. The summed E-state index contributed by atoms with van der Waals surface area (Å²) in [5.74, 6) is -8.48. The van der Waals surface area contributed by atoms with Gasteiger partial charge < -0.3 is 4.74 Å². The van der Waals surface area contributed by atoms with E-state index in [0.29, 0.717) is 16.9 Å². The number of benzene rings is 1. The van der Waals surface area contributed by atoms with Crippen molar-refractivity contribution in [1.29, 1.82) is 0 Å². The van der Waals surface area contributed by atoms with E-state index in [2.05, 4.69) is 4.74 Å². The molecule has 1 aromatic carbocycles. The van der Waals surface area contributed by atoms with Crippen LogP contribution in [0.2, 0.25) is 0 Å². The Morgan fingerprint density at radius 1 is 0.913 bits per heavy atom. The number of hydrogen-bond acceptors (Lipinski definition) is 2. The predicted octanol–water partition coefficient (Wildman–Crippen LogP) is 5.55. The highest BCUT2D eigenvalue weighted by atomic mass is 32.1. The second-order valence-corrected chi connectivity index (χ2v) is 5.81. The SMILES string of the molecule is Cc1ccc(C(F)(F)[C@@H](F)O[C@H](F)C(F)(F)c2cccs2)cc1. The van der Waals surface area contributed by atoms with Crippen LogP contribution >= 0.6 is 11.3 Å². The first-order valence-electron chi connectivity index (χ1n) is 6.46. The Hall–Kier alpha value is -1.54. The average molecular weight is 354 g/mol. The van der Waals surface area contributed by atoms with E-state index < -0.39 is 35.0 Å². The predicted molar refractivity (Wildman–Crippen MR) is 74.2 cm³/mol. The lowest BCUT2D eigenvalue weighted by atomic mass is 10.1. The van der Waals surface area contributed by atoms with Crippen LogP contribution in [0.1, 0.15) is 16.0 Å². The highest BCUT2D eigenvalue weighted by Gasteiger charge is 2.51. The average Bonchev–Trinajstić information content (AvgIpc) is 3.02. The fourth-order valence-electron chi connectivity index (χ4n) is 1.76. The number of alkyl halides is 6. The lowest BCUT2D eigenvalue weighted by Gasteiger charge is -2.26. The van der Waals surface area contributed by atoms with Gasteiger partial charge in [-0.05, 0) is 18.4 Å². The van der Waals surface area contributed by atoms with Crippen LogP contribution in [-0.2, 0) is 16.6 Å². The normalized spacial score (nSPS) is 15.4. The van der Waals surface area contributed by atoms with Gasteiger partial charge in [-0.2, -0.15) is 17.6 Å². The molecule has 23 heavy (non-hydrogen) atoms. The maximum Gasteiger partial charge on any atom is 0.336 e. The van der Waals surface area contributed by atoms with Crippen LogP contribution in [0.3, 0.4) is 0 Å². The van der Waals surface area contributed by atoms with E-state index in [1.165, 1.54) is 23.6 Å². The van der Waals surface area contributed by atoms with Gasteiger partial charge in [0.1, 0.15) is 0 Å². The van der Waals surface area contributed by atoms with Crippen molar-refractivity contribution in [2.24, 2.45) is 0 Å². The van der Waals surface area contributed by atoms with E-state index in [4.69, 9.17) is 0 Å². The number of hydrogen-bond donors (Lipinski definition) is 0. The summed E-state index contributed by atoms with van der Waals surface area (Å²) in [5, 5.41) is 1.25. The fraction of sp³-hybridized carbons (Fsp3) is 0.333. The Labute approximate surface area is 132 Å². The molecule has 0 saturated carbocycles. The standard InChI is InChI=1S/C15H12F6OS/c1-9-4-6-10(7-5-9)14(18,19)12(16)22-13(17)15(20,21)11-3-2-8-23-11/h2-8,12-13H,1H3/t12-,13-/m0/s1. The fourth-order valence-corrected chi connectivity index (χ4v) is 2.47. The summed E-state index contributed by atoms with van der Waals surface area (Å²) in [7, 11) is 0. The minimum atomic E-state index is -4.26.